The van der Waals surface area contributed by atoms with Gasteiger partial charge in [0.05, 0.1) is 38.8 Å². The van der Waals surface area contributed by atoms with Crippen LogP contribution in [0.5, 0.6) is 5.75 Å². The average Bonchev–Trinajstić information content (AvgIpc) is 3.10. The monoisotopic (exact) mass is 476 g/mol. The summed E-state index contributed by atoms with van der Waals surface area (Å²) in [5.74, 6) is 0.376. The van der Waals surface area contributed by atoms with Gasteiger partial charge >= 0.3 is 0 Å². The van der Waals surface area contributed by atoms with E-state index in [9.17, 15) is 14.4 Å². The topological polar surface area (TPSA) is 76.2 Å². The highest BCUT2D eigenvalue weighted by Crippen LogP contribution is 2.34. The van der Waals surface area contributed by atoms with Gasteiger partial charge in [0.15, 0.2) is 5.78 Å². The molecule has 2 aliphatic heterocycles. The number of hydrogen-bond donors (Lipinski definition) is 0. The molecule has 35 heavy (non-hydrogen) atoms. The lowest BCUT2D eigenvalue weighted by atomic mass is 10.1. The third-order valence-corrected chi connectivity index (χ3v) is 7.19. The van der Waals surface area contributed by atoms with Crippen LogP contribution in [0.3, 0.4) is 0 Å². The van der Waals surface area contributed by atoms with Crippen molar-refractivity contribution in [1.82, 2.24) is 9.80 Å². The van der Waals surface area contributed by atoms with E-state index in [1.807, 2.05) is 12.1 Å². The van der Waals surface area contributed by atoms with E-state index >= 15 is 0 Å². The smallest absolute Gasteiger partial charge is 0.255 e. The number of ketones is 2. The quantitative estimate of drug-likeness (QED) is 0.451. The summed E-state index contributed by atoms with van der Waals surface area (Å²) in [6.45, 7) is 5.36. The first kappa shape index (κ1) is 23.7. The Labute approximate surface area is 206 Å². The van der Waals surface area contributed by atoms with Gasteiger partial charge in [-0.1, -0.05) is 30.3 Å². The predicted molar refractivity (Wildman–Crippen MR) is 130 cm³/mol. The summed E-state index contributed by atoms with van der Waals surface area (Å²) in [5.41, 5.74) is 3.93. The number of morpholine rings is 1. The number of Topliss-reactive ketones (excluding diaryl/α,β-unsaturated/α-hetero) is 2. The molecule has 7 heteroatoms. The first-order valence-electron chi connectivity index (χ1n) is 12.6. The SMILES string of the molecule is O=C1CCC[C@H](N2Cc3c(OCCc4ccc(CN5CCOCC5)cc4)cccc3C2=O)C(=O)C1. The Morgan fingerprint density at radius 3 is 2.54 bits per heavy atom. The van der Waals surface area contributed by atoms with Crippen molar-refractivity contribution in [2.24, 2.45) is 0 Å². The van der Waals surface area contributed by atoms with E-state index in [0.29, 0.717) is 43.7 Å². The van der Waals surface area contributed by atoms with Crippen LogP contribution in [0.25, 0.3) is 0 Å². The van der Waals surface area contributed by atoms with Crippen LogP contribution < -0.4 is 4.74 Å². The molecule has 0 spiro atoms. The molecule has 0 N–H and O–H groups in total. The normalized spacial score (nSPS) is 21.2. The maximum atomic E-state index is 13.1. The molecule has 2 aromatic rings. The zero-order valence-electron chi connectivity index (χ0n) is 20.0. The standard InChI is InChI=1S/C28H32N2O5/c31-22-3-1-5-25(26(32)17-22)30-19-24-23(28(30)33)4-2-6-27(24)35-14-11-20-7-9-21(10-8-20)18-29-12-15-34-16-13-29/h2,4,6-10,25H,1,3,5,11-19H2/t25-/m0/s1. The Morgan fingerprint density at radius 2 is 1.74 bits per heavy atom. The molecule has 184 valence electrons. The van der Waals surface area contributed by atoms with Crippen molar-refractivity contribution in [2.45, 2.75) is 51.2 Å². The number of nitrogens with zero attached hydrogens (tertiary/aromatic N) is 2. The zero-order valence-corrected chi connectivity index (χ0v) is 20.0. The van der Waals surface area contributed by atoms with Crippen molar-refractivity contribution < 1.29 is 23.9 Å². The molecule has 1 saturated heterocycles. The summed E-state index contributed by atoms with van der Waals surface area (Å²) in [5, 5.41) is 0. The average molecular weight is 477 g/mol. The van der Waals surface area contributed by atoms with E-state index in [1.54, 1.807) is 11.0 Å². The van der Waals surface area contributed by atoms with Gasteiger partial charge in [-0.2, -0.15) is 0 Å². The summed E-state index contributed by atoms with van der Waals surface area (Å²) in [4.78, 5) is 41.5. The minimum Gasteiger partial charge on any atom is -0.493 e. The molecule has 0 aromatic heterocycles. The van der Waals surface area contributed by atoms with Crippen molar-refractivity contribution in [3.63, 3.8) is 0 Å². The number of benzene rings is 2. The molecule has 7 nitrogen and oxygen atoms in total. The van der Waals surface area contributed by atoms with Crippen molar-refractivity contribution >= 4 is 17.5 Å². The zero-order chi connectivity index (χ0) is 24.2. The Bertz CT molecular complexity index is 1090. The lowest BCUT2D eigenvalue weighted by Gasteiger charge is -2.26. The Kier molecular flexibility index (Phi) is 7.25. The molecule has 2 aromatic carbocycles. The molecule has 1 atom stereocenters. The summed E-state index contributed by atoms with van der Waals surface area (Å²) in [6, 6.07) is 13.6. The van der Waals surface area contributed by atoms with Crippen LogP contribution in [0, 0.1) is 0 Å². The Hall–Kier alpha value is -3.03. The van der Waals surface area contributed by atoms with E-state index in [-0.39, 0.29) is 23.9 Å². The van der Waals surface area contributed by atoms with Gasteiger partial charge in [0, 0.05) is 43.6 Å². The molecule has 2 heterocycles. The molecule has 2 fully saturated rings. The number of carbonyl (C=O) groups excluding carboxylic acids is 3. The van der Waals surface area contributed by atoms with E-state index in [2.05, 4.69) is 29.2 Å². The fourth-order valence-electron chi connectivity index (χ4n) is 5.20. The van der Waals surface area contributed by atoms with E-state index < -0.39 is 6.04 Å². The van der Waals surface area contributed by atoms with E-state index in [4.69, 9.17) is 9.47 Å². The second-order valence-electron chi connectivity index (χ2n) is 9.61. The van der Waals surface area contributed by atoms with Crippen LogP contribution in [0.4, 0.5) is 0 Å². The first-order valence-corrected chi connectivity index (χ1v) is 12.6. The summed E-state index contributed by atoms with van der Waals surface area (Å²) >= 11 is 0. The minimum atomic E-state index is -0.523. The summed E-state index contributed by atoms with van der Waals surface area (Å²) in [7, 11) is 0. The Morgan fingerprint density at radius 1 is 0.971 bits per heavy atom. The number of ether oxygens (including phenoxy) is 2. The fraction of sp³-hybridized carbons (Fsp3) is 0.464. The number of carbonyl (C=O) groups is 3. The lowest BCUT2D eigenvalue weighted by molar-refractivity contribution is -0.128. The van der Waals surface area contributed by atoms with Crippen molar-refractivity contribution in [3.8, 4) is 5.75 Å². The predicted octanol–water partition coefficient (Wildman–Crippen LogP) is 3.18. The largest absolute Gasteiger partial charge is 0.493 e. The van der Waals surface area contributed by atoms with Gasteiger partial charge in [-0.3, -0.25) is 19.3 Å². The van der Waals surface area contributed by atoms with Gasteiger partial charge in [0.1, 0.15) is 11.5 Å². The number of amides is 1. The molecule has 1 saturated carbocycles. The van der Waals surface area contributed by atoms with Gasteiger partial charge in [0.2, 0.25) is 0 Å². The number of hydrogen-bond acceptors (Lipinski definition) is 6. The number of rotatable bonds is 7. The van der Waals surface area contributed by atoms with Crippen LogP contribution in [0.1, 0.15) is 52.7 Å². The second-order valence-corrected chi connectivity index (χ2v) is 9.61. The van der Waals surface area contributed by atoms with Crippen LogP contribution in [0.15, 0.2) is 42.5 Å². The number of fused-ring (bicyclic) bond motifs is 1. The third kappa shape index (κ3) is 5.46. The molecular weight excluding hydrogens is 444 g/mol. The molecule has 0 radical (unpaired) electrons. The van der Waals surface area contributed by atoms with Crippen molar-refractivity contribution in [1.29, 1.82) is 0 Å². The highest BCUT2D eigenvalue weighted by Gasteiger charge is 2.38. The van der Waals surface area contributed by atoms with Gasteiger partial charge in [0.25, 0.3) is 5.91 Å². The van der Waals surface area contributed by atoms with Gasteiger partial charge in [-0.15, -0.1) is 0 Å². The van der Waals surface area contributed by atoms with E-state index in [0.717, 1.165) is 44.8 Å². The van der Waals surface area contributed by atoms with Crippen LogP contribution in [-0.4, -0.2) is 66.2 Å². The van der Waals surface area contributed by atoms with Gasteiger partial charge in [-0.05, 0) is 36.1 Å². The Balaban J connectivity index is 1.18. The molecule has 0 unspecified atom stereocenters. The summed E-state index contributed by atoms with van der Waals surface area (Å²) < 4.78 is 11.5. The minimum absolute atomic E-state index is 0.0280. The van der Waals surface area contributed by atoms with Crippen LogP contribution >= 0.6 is 0 Å². The highest BCUT2D eigenvalue weighted by molar-refractivity contribution is 6.06. The fourth-order valence-corrected chi connectivity index (χ4v) is 5.20. The van der Waals surface area contributed by atoms with Gasteiger partial charge < -0.3 is 14.4 Å². The highest BCUT2D eigenvalue weighted by atomic mass is 16.5. The van der Waals surface area contributed by atoms with Crippen molar-refractivity contribution in [2.75, 3.05) is 32.9 Å². The first-order chi connectivity index (χ1) is 17.1. The van der Waals surface area contributed by atoms with Crippen LogP contribution in [0.2, 0.25) is 0 Å². The summed E-state index contributed by atoms with van der Waals surface area (Å²) in [6.07, 6.45) is 2.30. The molecule has 0 bridgehead atoms. The molecule has 3 aliphatic rings. The second kappa shape index (κ2) is 10.7. The molecular formula is C28H32N2O5. The lowest BCUT2D eigenvalue weighted by Crippen LogP contribution is -2.41. The van der Waals surface area contributed by atoms with Gasteiger partial charge in [-0.25, -0.2) is 0 Å². The van der Waals surface area contributed by atoms with E-state index in [1.165, 1.54) is 11.1 Å². The van der Waals surface area contributed by atoms with Crippen LogP contribution in [-0.2, 0) is 33.8 Å². The molecule has 1 amide bonds. The third-order valence-electron chi connectivity index (χ3n) is 7.19. The maximum Gasteiger partial charge on any atom is 0.255 e. The van der Waals surface area contributed by atoms with Crippen molar-refractivity contribution in [3.05, 3.63) is 64.7 Å². The molecule has 1 aliphatic carbocycles. The molecule has 5 rings (SSSR count). The maximum absolute atomic E-state index is 13.1.